The summed E-state index contributed by atoms with van der Waals surface area (Å²) < 4.78 is 0. The highest BCUT2D eigenvalue weighted by atomic mass is 35.5. The van der Waals surface area contributed by atoms with Crippen molar-refractivity contribution in [2.24, 2.45) is 5.92 Å². The van der Waals surface area contributed by atoms with Gasteiger partial charge in [-0.1, -0.05) is 12.8 Å². The quantitative estimate of drug-likeness (QED) is 0.729. The number of alkyl halides is 1. The maximum absolute atomic E-state index is 11.5. The topological polar surface area (TPSA) is 46.2 Å². The average Bonchev–Trinajstić information content (AvgIpc) is 2.16. The van der Waals surface area contributed by atoms with E-state index in [1.54, 1.807) is 0 Å². The third kappa shape index (κ3) is 2.98. The molecule has 0 bridgehead atoms. The van der Waals surface area contributed by atoms with Gasteiger partial charge in [-0.15, -0.1) is 11.6 Å². The first-order valence-corrected chi connectivity index (χ1v) is 5.54. The number of halogens is 1. The van der Waals surface area contributed by atoms with Gasteiger partial charge in [0.25, 0.3) is 0 Å². The third-order valence-corrected chi connectivity index (χ3v) is 2.96. The molecule has 1 amide bonds. The lowest BCUT2D eigenvalue weighted by Crippen LogP contribution is -2.44. The van der Waals surface area contributed by atoms with E-state index in [4.69, 9.17) is 11.6 Å². The molecule has 80 valence electrons. The Morgan fingerprint density at radius 2 is 2.00 bits per heavy atom. The first-order chi connectivity index (χ1) is 6.65. The Balaban J connectivity index is 2.58. The van der Waals surface area contributed by atoms with E-state index in [1.807, 2.05) is 0 Å². The van der Waals surface area contributed by atoms with Gasteiger partial charge >= 0.3 is 0 Å². The SMILES string of the molecule is CC(=O)NC1CCCCC1C(=O)CCl. The van der Waals surface area contributed by atoms with Gasteiger partial charge in [0.15, 0.2) is 5.78 Å². The number of amides is 1. The van der Waals surface area contributed by atoms with E-state index in [1.165, 1.54) is 6.92 Å². The summed E-state index contributed by atoms with van der Waals surface area (Å²) in [5.41, 5.74) is 0. The molecule has 2 unspecified atom stereocenters. The monoisotopic (exact) mass is 217 g/mol. The van der Waals surface area contributed by atoms with Gasteiger partial charge in [-0.05, 0) is 12.8 Å². The molecule has 0 aromatic carbocycles. The van der Waals surface area contributed by atoms with Crippen LogP contribution in [0.1, 0.15) is 32.6 Å². The molecule has 0 spiro atoms. The standard InChI is InChI=1S/C10H16ClNO2/c1-7(13)12-9-5-3-2-4-8(9)10(14)6-11/h8-9H,2-6H2,1H3,(H,12,13). The van der Waals surface area contributed by atoms with E-state index in [-0.39, 0.29) is 29.5 Å². The zero-order chi connectivity index (χ0) is 10.6. The molecule has 14 heavy (non-hydrogen) atoms. The maximum Gasteiger partial charge on any atom is 0.217 e. The number of nitrogens with one attached hydrogen (secondary N) is 1. The van der Waals surface area contributed by atoms with Crippen molar-refractivity contribution < 1.29 is 9.59 Å². The van der Waals surface area contributed by atoms with E-state index >= 15 is 0 Å². The Bertz CT molecular complexity index is 230. The lowest BCUT2D eigenvalue weighted by molar-refractivity contribution is -0.124. The first-order valence-electron chi connectivity index (χ1n) is 5.01. The molecule has 0 saturated heterocycles. The molecular formula is C10H16ClNO2. The summed E-state index contributed by atoms with van der Waals surface area (Å²) in [6.07, 6.45) is 3.89. The van der Waals surface area contributed by atoms with Gasteiger partial charge in [-0.25, -0.2) is 0 Å². The molecule has 3 nitrogen and oxygen atoms in total. The van der Waals surface area contributed by atoms with Gasteiger partial charge in [0, 0.05) is 18.9 Å². The minimum Gasteiger partial charge on any atom is -0.353 e. The molecule has 2 atom stereocenters. The van der Waals surface area contributed by atoms with Gasteiger partial charge < -0.3 is 5.32 Å². The molecule has 0 aromatic rings. The zero-order valence-corrected chi connectivity index (χ0v) is 9.14. The molecule has 1 aliphatic carbocycles. The highest BCUT2D eigenvalue weighted by Crippen LogP contribution is 2.25. The highest BCUT2D eigenvalue weighted by Gasteiger charge is 2.30. The summed E-state index contributed by atoms with van der Waals surface area (Å²) in [4.78, 5) is 22.4. The van der Waals surface area contributed by atoms with Crippen molar-refractivity contribution in [2.45, 2.75) is 38.6 Å². The van der Waals surface area contributed by atoms with Crippen LogP contribution in [0.15, 0.2) is 0 Å². The Kier molecular flexibility index (Phi) is 4.39. The van der Waals surface area contributed by atoms with Gasteiger partial charge in [-0.2, -0.15) is 0 Å². The van der Waals surface area contributed by atoms with Crippen LogP contribution in [0.2, 0.25) is 0 Å². The van der Waals surface area contributed by atoms with E-state index in [9.17, 15) is 9.59 Å². The van der Waals surface area contributed by atoms with E-state index in [0.717, 1.165) is 25.7 Å². The number of Topliss-reactive ketones (excluding diaryl/α,β-unsaturated/α-hetero) is 1. The fraction of sp³-hybridized carbons (Fsp3) is 0.800. The van der Waals surface area contributed by atoms with Gasteiger partial charge in [0.2, 0.25) is 5.91 Å². The van der Waals surface area contributed by atoms with Crippen LogP contribution < -0.4 is 5.32 Å². The van der Waals surface area contributed by atoms with Crippen molar-refractivity contribution >= 4 is 23.3 Å². The van der Waals surface area contributed by atoms with E-state index in [0.29, 0.717) is 0 Å². The van der Waals surface area contributed by atoms with E-state index in [2.05, 4.69) is 5.32 Å². The van der Waals surface area contributed by atoms with Gasteiger partial charge in [0.1, 0.15) is 0 Å². The number of hydrogen-bond donors (Lipinski definition) is 1. The summed E-state index contributed by atoms with van der Waals surface area (Å²) >= 11 is 5.52. The molecule has 1 fully saturated rings. The average molecular weight is 218 g/mol. The van der Waals surface area contributed by atoms with Crippen LogP contribution in [-0.4, -0.2) is 23.6 Å². The van der Waals surface area contributed by atoms with Gasteiger partial charge in [0.05, 0.1) is 5.88 Å². The lowest BCUT2D eigenvalue weighted by Gasteiger charge is -2.30. The molecular weight excluding hydrogens is 202 g/mol. The normalized spacial score (nSPS) is 27.0. The largest absolute Gasteiger partial charge is 0.353 e. The van der Waals surface area contributed by atoms with Crippen LogP contribution in [-0.2, 0) is 9.59 Å². The molecule has 1 aliphatic rings. The Labute approximate surface area is 89.2 Å². The summed E-state index contributed by atoms with van der Waals surface area (Å²) in [6, 6.07) is 0.00694. The third-order valence-electron chi connectivity index (χ3n) is 2.70. The van der Waals surface area contributed by atoms with Crippen molar-refractivity contribution in [1.29, 1.82) is 0 Å². The predicted molar refractivity (Wildman–Crippen MR) is 55.3 cm³/mol. The summed E-state index contributed by atoms with van der Waals surface area (Å²) in [5.74, 6) is -0.0136. The van der Waals surface area contributed by atoms with Crippen molar-refractivity contribution in [2.75, 3.05) is 5.88 Å². The van der Waals surface area contributed by atoms with Crippen LogP contribution in [0.25, 0.3) is 0 Å². The lowest BCUT2D eigenvalue weighted by atomic mass is 9.82. The minimum atomic E-state index is -0.0655. The highest BCUT2D eigenvalue weighted by molar-refractivity contribution is 6.28. The fourth-order valence-electron chi connectivity index (χ4n) is 2.05. The summed E-state index contributed by atoms with van der Waals surface area (Å²) in [6.45, 7) is 1.48. The fourth-order valence-corrected chi connectivity index (χ4v) is 2.25. The van der Waals surface area contributed by atoms with Crippen LogP contribution >= 0.6 is 11.6 Å². The number of ketones is 1. The molecule has 0 heterocycles. The van der Waals surface area contributed by atoms with Crippen LogP contribution in [0.5, 0.6) is 0 Å². The Morgan fingerprint density at radius 3 is 2.57 bits per heavy atom. The van der Waals surface area contributed by atoms with Crippen LogP contribution in [0.4, 0.5) is 0 Å². The Hall–Kier alpha value is -0.570. The van der Waals surface area contributed by atoms with Crippen molar-refractivity contribution in [3.05, 3.63) is 0 Å². The molecule has 4 heteroatoms. The molecule has 1 rings (SSSR count). The van der Waals surface area contributed by atoms with Gasteiger partial charge in [-0.3, -0.25) is 9.59 Å². The Morgan fingerprint density at radius 1 is 1.36 bits per heavy atom. The first kappa shape index (κ1) is 11.5. The molecule has 0 aliphatic heterocycles. The zero-order valence-electron chi connectivity index (χ0n) is 8.38. The van der Waals surface area contributed by atoms with Crippen molar-refractivity contribution in [1.82, 2.24) is 5.32 Å². The second-order valence-electron chi connectivity index (χ2n) is 3.80. The number of rotatable bonds is 3. The van der Waals surface area contributed by atoms with Crippen LogP contribution in [0.3, 0.4) is 0 Å². The molecule has 1 N–H and O–H groups in total. The maximum atomic E-state index is 11.5. The van der Waals surface area contributed by atoms with E-state index < -0.39 is 0 Å². The van der Waals surface area contributed by atoms with Crippen molar-refractivity contribution in [3.8, 4) is 0 Å². The molecule has 1 saturated carbocycles. The second-order valence-corrected chi connectivity index (χ2v) is 4.07. The number of carbonyl (C=O) groups is 2. The van der Waals surface area contributed by atoms with Crippen LogP contribution in [0, 0.1) is 5.92 Å². The van der Waals surface area contributed by atoms with Crippen molar-refractivity contribution in [3.63, 3.8) is 0 Å². The smallest absolute Gasteiger partial charge is 0.217 e. The number of hydrogen-bond acceptors (Lipinski definition) is 2. The summed E-state index contributed by atoms with van der Waals surface area (Å²) in [5, 5.41) is 2.83. The predicted octanol–water partition coefficient (Wildman–Crippen LogP) is 1.49. The number of carbonyl (C=O) groups excluding carboxylic acids is 2. The molecule has 0 radical (unpaired) electrons. The summed E-state index contributed by atoms with van der Waals surface area (Å²) in [7, 11) is 0. The second kappa shape index (κ2) is 5.35. The minimum absolute atomic E-state index is 0.00694. The molecule has 0 aromatic heterocycles.